The zero-order valence-electron chi connectivity index (χ0n) is 21.2. The third-order valence-corrected chi connectivity index (χ3v) is 9.65. The van der Waals surface area contributed by atoms with E-state index in [1.54, 1.807) is 6.92 Å². The zero-order valence-corrected chi connectivity index (χ0v) is 22.0. The van der Waals surface area contributed by atoms with Crippen LogP contribution in [0.25, 0.3) is 10.8 Å². The molecule has 0 radical (unpaired) electrons. The molecule has 194 valence electrons. The van der Waals surface area contributed by atoms with Crippen molar-refractivity contribution in [3.8, 4) is 5.75 Å². The molecule has 1 saturated heterocycles. The second kappa shape index (κ2) is 8.71. The van der Waals surface area contributed by atoms with Crippen LogP contribution in [0.15, 0.2) is 88.4 Å². The first kappa shape index (κ1) is 24.0. The maximum atomic E-state index is 13.8. The van der Waals surface area contributed by atoms with Gasteiger partial charge in [0, 0.05) is 38.5 Å². The second-order valence-electron chi connectivity index (χ2n) is 10.8. The summed E-state index contributed by atoms with van der Waals surface area (Å²) in [4.78, 5) is 56.5. The summed E-state index contributed by atoms with van der Waals surface area (Å²) in [6.45, 7) is 1.88. The van der Waals surface area contributed by atoms with Crippen LogP contribution in [0.3, 0.4) is 0 Å². The number of benzene rings is 2. The molecule has 7 rings (SSSR count). The highest BCUT2D eigenvalue weighted by Gasteiger charge is 2.56. The van der Waals surface area contributed by atoms with Crippen LogP contribution in [0.1, 0.15) is 36.1 Å². The molecule has 3 aromatic rings. The molecule has 2 heterocycles. The van der Waals surface area contributed by atoms with E-state index in [2.05, 4.69) is 0 Å². The number of nitrogens with zero attached hydrogens (tertiary/aromatic N) is 1. The molecule has 3 aliphatic carbocycles. The quantitative estimate of drug-likeness (QED) is 0.282. The fourth-order valence-corrected chi connectivity index (χ4v) is 7.71. The number of aromatic hydroxyl groups is 1. The molecule has 0 saturated carbocycles. The highest BCUT2D eigenvalue weighted by Crippen LogP contribution is 2.56. The van der Waals surface area contributed by atoms with Gasteiger partial charge < -0.3 is 5.11 Å². The molecule has 1 fully saturated rings. The van der Waals surface area contributed by atoms with E-state index in [4.69, 9.17) is 0 Å². The molecule has 2 amide bonds. The number of hydrogen-bond acceptors (Lipinski definition) is 6. The number of fused-ring (bicyclic) bond motifs is 4. The topological polar surface area (TPSA) is 91.8 Å². The molecule has 1 aliphatic heterocycles. The SMILES string of the molecule is CC1=CC(=O)C2=C(CC3C(=CCC4C(=O)N(Cc5cccs5)C(=O)C43)C2c2ccc3ccccc3c2O)C1=O. The number of carbonyl (C=O) groups excluding carboxylic acids is 4. The summed E-state index contributed by atoms with van der Waals surface area (Å²) >= 11 is 1.50. The Morgan fingerprint density at radius 2 is 1.79 bits per heavy atom. The number of carbonyl (C=O) groups is 4. The Bertz CT molecular complexity index is 1710. The van der Waals surface area contributed by atoms with E-state index in [0.717, 1.165) is 15.8 Å². The van der Waals surface area contributed by atoms with Crippen molar-refractivity contribution in [3.05, 3.63) is 98.8 Å². The highest BCUT2D eigenvalue weighted by molar-refractivity contribution is 7.09. The first-order valence-electron chi connectivity index (χ1n) is 13.1. The van der Waals surface area contributed by atoms with Crippen molar-refractivity contribution >= 4 is 45.5 Å². The van der Waals surface area contributed by atoms with Crippen molar-refractivity contribution in [2.24, 2.45) is 17.8 Å². The number of phenolic OH excluding ortho intramolecular Hbond substituents is 1. The number of allylic oxidation sites excluding steroid dienone is 6. The van der Waals surface area contributed by atoms with Crippen LogP contribution < -0.4 is 0 Å². The van der Waals surface area contributed by atoms with E-state index in [1.165, 1.54) is 22.3 Å². The summed E-state index contributed by atoms with van der Waals surface area (Å²) in [5.74, 6) is -2.96. The largest absolute Gasteiger partial charge is 0.507 e. The number of phenols is 1. The van der Waals surface area contributed by atoms with Gasteiger partial charge in [0.05, 0.1) is 18.4 Å². The van der Waals surface area contributed by atoms with Crippen LogP contribution in [0, 0.1) is 17.8 Å². The third-order valence-electron chi connectivity index (χ3n) is 8.79. The van der Waals surface area contributed by atoms with Crippen LogP contribution in [-0.2, 0) is 25.7 Å². The number of rotatable bonds is 3. The van der Waals surface area contributed by atoms with E-state index in [-0.39, 0.29) is 42.1 Å². The fraction of sp³-hybridized carbons (Fsp3) is 0.250. The Kier molecular flexibility index (Phi) is 5.36. The van der Waals surface area contributed by atoms with Gasteiger partial charge in [0.1, 0.15) is 5.75 Å². The first-order valence-corrected chi connectivity index (χ1v) is 14.0. The Labute approximate surface area is 228 Å². The van der Waals surface area contributed by atoms with E-state index in [9.17, 15) is 24.3 Å². The van der Waals surface area contributed by atoms with Gasteiger partial charge in [0.25, 0.3) is 0 Å². The molecule has 4 aliphatic rings. The van der Waals surface area contributed by atoms with Crippen LogP contribution in [0.2, 0.25) is 0 Å². The number of hydrogen-bond donors (Lipinski definition) is 1. The lowest BCUT2D eigenvalue weighted by Gasteiger charge is -2.42. The standard InChI is InChI=1S/C32H25NO5S/c1-16-13-25(34)28-24(29(16)35)14-23-20(26(28)21-9-8-17-5-2-3-7-19(17)30(21)36)10-11-22-27(23)32(38)33(31(22)37)15-18-6-4-12-39-18/h2-10,12-13,22-23,26-27,36H,11,14-15H2,1H3. The molecule has 0 bridgehead atoms. The van der Waals surface area contributed by atoms with Gasteiger partial charge in [-0.05, 0) is 48.6 Å². The Hall–Kier alpha value is -4.10. The number of imide groups is 1. The molecule has 4 atom stereocenters. The van der Waals surface area contributed by atoms with Crippen LogP contribution in [0.4, 0.5) is 0 Å². The fourth-order valence-electron chi connectivity index (χ4n) is 7.02. The molecule has 0 spiro atoms. The van der Waals surface area contributed by atoms with Gasteiger partial charge in [-0.2, -0.15) is 0 Å². The number of thiophene rings is 1. The predicted octanol–water partition coefficient (Wildman–Crippen LogP) is 5.24. The maximum absolute atomic E-state index is 13.8. The predicted molar refractivity (Wildman–Crippen MR) is 147 cm³/mol. The maximum Gasteiger partial charge on any atom is 0.234 e. The lowest BCUT2D eigenvalue weighted by molar-refractivity contribution is -0.140. The van der Waals surface area contributed by atoms with Crippen molar-refractivity contribution < 1.29 is 24.3 Å². The summed E-state index contributed by atoms with van der Waals surface area (Å²) in [5.41, 5.74) is 2.53. The van der Waals surface area contributed by atoms with E-state index >= 15 is 0 Å². The van der Waals surface area contributed by atoms with Gasteiger partial charge in [-0.15, -0.1) is 11.3 Å². The minimum absolute atomic E-state index is 0.0632. The summed E-state index contributed by atoms with van der Waals surface area (Å²) in [7, 11) is 0. The number of Topliss-reactive ketones (excluding diaryl/α,β-unsaturated/α-hetero) is 1. The molecule has 39 heavy (non-hydrogen) atoms. The summed E-state index contributed by atoms with van der Waals surface area (Å²) < 4.78 is 0. The van der Waals surface area contributed by atoms with Gasteiger partial charge in [0.2, 0.25) is 11.8 Å². The number of likely N-dealkylation sites (tertiary alicyclic amines) is 1. The summed E-state index contributed by atoms with van der Waals surface area (Å²) in [6, 6.07) is 15.0. The molecule has 4 unspecified atom stereocenters. The monoisotopic (exact) mass is 535 g/mol. The molecular formula is C32H25NO5S. The van der Waals surface area contributed by atoms with Crippen LogP contribution in [0.5, 0.6) is 5.75 Å². The van der Waals surface area contributed by atoms with Crippen molar-refractivity contribution in [2.45, 2.75) is 32.2 Å². The highest BCUT2D eigenvalue weighted by atomic mass is 32.1. The number of amides is 2. The Balaban J connectivity index is 1.38. The van der Waals surface area contributed by atoms with Crippen LogP contribution >= 0.6 is 11.3 Å². The Morgan fingerprint density at radius 1 is 0.974 bits per heavy atom. The smallest absolute Gasteiger partial charge is 0.234 e. The lowest BCUT2D eigenvalue weighted by atomic mass is 9.59. The average molecular weight is 536 g/mol. The summed E-state index contributed by atoms with van der Waals surface area (Å²) in [5, 5.41) is 14.9. The van der Waals surface area contributed by atoms with Gasteiger partial charge >= 0.3 is 0 Å². The average Bonchev–Trinajstić information content (AvgIpc) is 3.54. The van der Waals surface area contributed by atoms with Gasteiger partial charge in [-0.25, -0.2) is 0 Å². The van der Waals surface area contributed by atoms with Crippen molar-refractivity contribution in [1.29, 1.82) is 0 Å². The van der Waals surface area contributed by atoms with Crippen molar-refractivity contribution in [1.82, 2.24) is 4.90 Å². The van der Waals surface area contributed by atoms with Gasteiger partial charge in [0.15, 0.2) is 11.6 Å². The minimum Gasteiger partial charge on any atom is -0.507 e. The zero-order chi connectivity index (χ0) is 27.0. The summed E-state index contributed by atoms with van der Waals surface area (Å²) in [6.07, 6.45) is 3.98. The van der Waals surface area contributed by atoms with Crippen molar-refractivity contribution in [2.75, 3.05) is 0 Å². The van der Waals surface area contributed by atoms with Crippen LogP contribution in [-0.4, -0.2) is 33.4 Å². The molecule has 1 N–H and O–H groups in total. The lowest BCUT2D eigenvalue weighted by Crippen LogP contribution is -2.39. The first-order chi connectivity index (χ1) is 18.8. The second-order valence-corrected chi connectivity index (χ2v) is 11.8. The molecule has 1 aromatic heterocycles. The van der Waals surface area contributed by atoms with Gasteiger partial charge in [-0.1, -0.05) is 54.1 Å². The molecule has 6 nitrogen and oxygen atoms in total. The number of ketones is 2. The Morgan fingerprint density at radius 3 is 2.59 bits per heavy atom. The van der Waals surface area contributed by atoms with E-state index in [0.29, 0.717) is 34.1 Å². The molecular weight excluding hydrogens is 510 g/mol. The van der Waals surface area contributed by atoms with Crippen molar-refractivity contribution in [3.63, 3.8) is 0 Å². The molecule has 7 heteroatoms. The molecule has 2 aromatic carbocycles. The minimum atomic E-state index is -0.667. The third kappa shape index (κ3) is 3.46. The normalized spacial score (nSPS) is 26.4. The van der Waals surface area contributed by atoms with E-state index < -0.39 is 23.7 Å². The van der Waals surface area contributed by atoms with E-state index in [1.807, 2.05) is 60.0 Å². The van der Waals surface area contributed by atoms with Gasteiger partial charge in [-0.3, -0.25) is 24.1 Å².